The van der Waals surface area contributed by atoms with Crippen LogP contribution < -0.4 is 0 Å². The third-order valence-electron chi connectivity index (χ3n) is 4.54. The predicted octanol–water partition coefficient (Wildman–Crippen LogP) is 2.39. The molecule has 0 radical (unpaired) electrons. The van der Waals surface area contributed by atoms with Gasteiger partial charge in [-0.25, -0.2) is 0 Å². The highest BCUT2D eigenvalue weighted by Crippen LogP contribution is 2.46. The number of alkyl halides is 3. The molecule has 1 saturated heterocycles. The maximum atomic E-state index is 13.2. The van der Waals surface area contributed by atoms with Gasteiger partial charge in [0.15, 0.2) is 5.41 Å². The van der Waals surface area contributed by atoms with Crippen LogP contribution in [-0.4, -0.2) is 50.9 Å². The second-order valence-corrected chi connectivity index (χ2v) is 6.13. The van der Waals surface area contributed by atoms with Gasteiger partial charge < -0.3 is 10.0 Å². The van der Waals surface area contributed by atoms with Crippen molar-refractivity contribution in [3.8, 4) is 0 Å². The summed E-state index contributed by atoms with van der Waals surface area (Å²) in [6, 6.07) is 0. The van der Waals surface area contributed by atoms with E-state index in [4.69, 9.17) is 5.11 Å². The van der Waals surface area contributed by atoms with Crippen LogP contribution >= 0.6 is 0 Å². The first kappa shape index (κ1) is 18.3. The van der Waals surface area contributed by atoms with Gasteiger partial charge in [0, 0.05) is 25.3 Å². The van der Waals surface area contributed by atoms with Crippen molar-refractivity contribution in [3.63, 3.8) is 0 Å². The van der Waals surface area contributed by atoms with Crippen LogP contribution in [0.3, 0.4) is 0 Å². The predicted molar refractivity (Wildman–Crippen MR) is 78.6 cm³/mol. The maximum absolute atomic E-state index is 13.2. The van der Waals surface area contributed by atoms with Crippen LogP contribution in [0.15, 0.2) is 0 Å². The SMILES string of the molecule is CCCn1nc(C)c(C(=O)N2CCC(C(=O)O)(C(F)(F)F)C2)c1C. The number of carboxylic acid groups (broad SMARTS) is 1. The molecule has 0 spiro atoms. The Labute approximate surface area is 137 Å². The Morgan fingerprint density at radius 1 is 1.33 bits per heavy atom. The van der Waals surface area contributed by atoms with Gasteiger partial charge in [0.05, 0.1) is 11.3 Å². The quantitative estimate of drug-likeness (QED) is 0.907. The maximum Gasteiger partial charge on any atom is 0.406 e. The van der Waals surface area contributed by atoms with E-state index < -0.39 is 36.4 Å². The first-order valence-corrected chi connectivity index (χ1v) is 7.68. The van der Waals surface area contributed by atoms with Gasteiger partial charge in [-0.2, -0.15) is 18.3 Å². The smallest absolute Gasteiger partial charge is 0.406 e. The summed E-state index contributed by atoms with van der Waals surface area (Å²) in [5, 5.41) is 13.3. The molecule has 1 aliphatic heterocycles. The van der Waals surface area contributed by atoms with Crippen molar-refractivity contribution in [1.82, 2.24) is 14.7 Å². The van der Waals surface area contributed by atoms with Gasteiger partial charge in [0.25, 0.3) is 5.91 Å². The lowest BCUT2D eigenvalue weighted by atomic mass is 9.86. The van der Waals surface area contributed by atoms with Crippen molar-refractivity contribution < 1.29 is 27.9 Å². The van der Waals surface area contributed by atoms with Crippen LogP contribution in [0.4, 0.5) is 13.2 Å². The number of likely N-dealkylation sites (tertiary alicyclic amines) is 1. The summed E-state index contributed by atoms with van der Waals surface area (Å²) in [4.78, 5) is 24.8. The molecule has 1 aromatic heterocycles. The molecule has 1 atom stereocenters. The highest BCUT2D eigenvalue weighted by molar-refractivity contribution is 5.97. The van der Waals surface area contributed by atoms with Gasteiger partial charge in [0.2, 0.25) is 0 Å². The van der Waals surface area contributed by atoms with E-state index in [9.17, 15) is 22.8 Å². The van der Waals surface area contributed by atoms with Crippen molar-refractivity contribution in [3.05, 3.63) is 17.0 Å². The zero-order chi connectivity index (χ0) is 18.3. The second kappa shape index (κ2) is 6.10. The topological polar surface area (TPSA) is 75.4 Å². The Kier molecular flexibility index (Phi) is 4.65. The monoisotopic (exact) mass is 347 g/mol. The summed E-state index contributed by atoms with van der Waals surface area (Å²) in [5.41, 5.74) is -1.62. The van der Waals surface area contributed by atoms with Crippen molar-refractivity contribution >= 4 is 11.9 Å². The minimum Gasteiger partial charge on any atom is -0.481 e. The molecule has 1 aromatic rings. The number of halogens is 3. The molecule has 2 rings (SSSR count). The van der Waals surface area contributed by atoms with Gasteiger partial charge in [-0.15, -0.1) is 0 Å². The number of nitrogens with zero attached hydrogens (tertiary/aromatic N) is 3. The van der Waals surface area contributed by atoms with Crippen LogP contribution in [0.25, 0.3) is 0 Å². The Morgan fingerprint density at radius 2 is 1.96 bits per heavy atom. The zero-order valence-corrected chi connectivity index (χ0v) is 13.8. The van der Waals surface area contributed by atoms with Crippen molar-refractivity contribution in [2.45, 2.75) is 46.3 Å². The number of aromatic nitrogens is 2. The van der Waals surface area contributed by atoms with E-state index in [0.29, 0.717) is 17.9 Å². The number of carbonyl (C=O) groups is 2. The average Bonchev–Trinajstić information content (AvgIpc) is 3.02. The molecule has 0 aromatic carbocycles. The molecule has 0 saturated carbocycles. The van der Waals surface area contributed by atoms with Crippen molar-refractivity contribution in [2.24, 2.45) is 5.41 Å². The molecule has 9 heteroatoms. The Morgan fingerprint density at radius 3 is 2.42 bits per heavy atom. The zero-order valence-electron chi connectivity index (χ0n) is 13.8. The third kappa shape index (κ3) is 2.76. The van der Waals surface area contributed by atoms with Crippen LogP contribution in [0.5, 0.6) is 0 Å². The molecule has 6 nitrogen and oxygen atoms in total. The lowest BCUT2D eigenvalue weighted by Gasteiger charge is -2.27. The first-order chi connectivity index (χ1) is 11.0. The highest BCUT2D eigenvalue weighted by atomic mass is 19.4. The summed E-state index contributed by atoms with van der Waals surface area (Å²) in [6.07, 6.45) is -4.75. The van der Waals surface area contributed by atoms with Gasteiger partial charge in [-0.1, -0.05) is 6.92 Å². The molecule has 134 valence electrons. The molecule has 1 aliphatic rings. The molecule has 1 N–H and O–H groups in total. The number of carbonyl (C=O) groups excluding carboxylic acids is 1. The molecular weight excluding hydrogens is 327 g/mol. The van der Waals surface area contributed by atoms with E-state index in [1.807, 2.05) is 6.92 Å². The number of hydrogen-bond donors (Lipinski definition) is 1. The number of aryl methyl sites for hydroxylation is 2. The Hall–Kier alpha value is -2.06. The van der Waals surface area contributed by atoms with Gasteiger partial charge in [-0.3, -0.25) is 14.3 Å². The summed E-state index contributed by atoms with van der Waals surface area (Å²) >= 11 is 0. The average molecular weight is 347 g/mol. The molecule has 2 heterocycles. The lowest BCUT2D eigenvalue weighted by molar-refractivity contribution is -0.227. The molecule has 0 aliphatic carbocycles. The fourth-order valence-corrected chi connectivity index (χ4v) is 3.10. The van der Waals surface area contributed by atoms with Crippen molar-refractivity contribution in [1.29, 1.82) is 0 Å². The minimum absolute atomic E-state index is 0.248. The Balaban J connectivity index is 2.32. The minimum atomic E-state index is -4.91. The first-order valence-electron chi connectivity index (χ1n) is 7.68. The normalized spacial score (nSPS) is 21.3. The fourth-order valence-electron chi connectivity index (χ4n) is 3.10. The van der Waals surface area contributed by atoms with Crippen molar-refractivity contribution in [2.75, 3.05) is 13.1 Å². The van der Waals surface area contributed by atoms with E-state index in [0.717, 1.165) is 11.3 Å². The van der Waals surface area contributed by atoms with E-state index >= 15 is 0 Å². The summed E-state index contributed by atoms with van der Waals surface area (Å²) in [6.45, 7) is 4.74. The fraction of sp³-hybridized carbons (Fsp3) is 0.667. The van der Waals surface area contributed by atoms with Crippen LogP contribution in [0.1, 0.15) is 41.5 Å². The van der Waals surface area contributed by atoms with E-state index in [1.54, 1.807) is 18.5 Å². The number of aliphatic carboxylic acids is 1. The molecule has 1 amide bonds. The number of amides is 1. The third-order valence-corrected chi connectivity index (χ3v) is 4.54. The summed E-state index contributed by atoms with van der Waals surface area (Å²) in [7, 11) is 0. The van der Waals surface area contributed by atoms with Crippen LogP contribution in [-0.2, 0) is 11.3 Å². The summed E-state index contributed by atoms with van der Waals surface area (Å²) < 4.78 is 41.3. The van der Waals surface area contributed by atoms with Crippen LogP contribution in [0.2, 0.25) is 0 Å². The number of rotatable bonds is 4. The molecule has 24 heavy (non-hydrogen) atoms. The standard InChI is InChI=1S/C15H20F3N3O3/c1-4-6-21-10(3)11(9(2)19-21)12(22)20-7-5-14(8-20,13(23)24)15(16,17)18/h4-8H2,1-3H3,(H,23,24). The summed E-state index contributed by atoms with van der Waals surface area (Å²) in [5.74, 6) is -2.54. The van der Waals surface area contributed by atoms with E-state index in [-0.39, 0.29) is 12.1 Å². The lowest BCUT2D eigenvalue weighted by Crippen LogP contribution is -2.47. The highest BCUT2D eigenvalue weighted by Gasteiger charge is 2.64. The molecular formula is C15H20F3N3O3. The van der Waals surface area contributed by atoms with Gasteiger partial charge >= 0.3 is 12.1 Å². The van der Waals surface area contributed by atoms with Crippen LogP contribution in [0, 0.1) is 19.3 Å². The van der Waals surface area contributed by atoms with Gasteiger partial charge in [-0.05, 0) is 26.7 Å². The largest absolute Gasteiger partial charge is 0.481 e. The second-order valence-electron chi connectivity index (χ2n) is 6.13. The molecule has 0 bridgehead atoms. The molecule has 1 unspecified atom stereocenters. The van der Waals surface area contributed by atoms with Gasteiger partial charge in [0.1, 0.15) is 0 Å². The molecule has 1 fully saturated rings. The number of hydrogen-bond acceptors (Lipinski definition) is 3. The van der Waals surface area contributed by atoms with E-state index in [2.05, 4.69) is 5.10 Å². The Bertz CT molecular complexity index is 669. The number of carboxylic acids is 1. The van der Waals surface area contributed by atoms with E-state index in [1.165, 1.54) is 0 Å².